The van der Waals surface area contributed by atoms with Crippen molar-refractivity contribution in [3.05, 3.63) is 69.5 Å². The molecular weight excluding hydrogens is 521 g/mol. The van der Waals surface area contributed by atoms with E-state index in [1.54, 1.807) is 19.1 Å². The van der Waals surface area contributed by atoms with Gasteiger partial charge in [-0.3, -0.25) is 14.8 Å². The van der Waals surface area contributed by atoms with E-state index in [0.29, 0.717) is 17.3 Å². The van der Waals surface area contributed by atoms with Gasteiger partial charge in [-0.05, 0) is 45.0 Å². The van der Waals surface area contributed by atoms with Gasteiger partial charge in [-0.15, -0.1) is 0 Å². The van der Waals surface area contributed by atoms with Crippen molar-refractivity contribution < 1.29 is 31.9 Å². The second-order valence-corrected chi connectivity index (χ2v) is 9.53. The molecule has 0 bridgehead atoms. The number of anilines is 2. The number of carboxylic acids is 1. The quantitative estimate of drug-likeness (QED) is 0.330. The maximum absolute atomic E-state index is 15.0. The molecule has 13 heteroatoms. The number of carbonyl (C=O) groups is 1. The number of benzene rings is 1. The third-order valence-electron chi connectivity index (χ3n) is 6.49. The van der Waals surface area contributed by atoms with Crippen LogP contribution >= 0.6 is 11.6 Å². The van der Waals surface area contributed by atoms with Crippen molar-refractivity contribution in [3.8, 4) is 0 Å². The Hall–Kier alpha value is -3.25. The number of halogens is 6. The van der Waals surface area contributed by atoms with Gasteiger partial charge >= 0.3 is 12.1 Å². The topological polar surface area (TPSA) is 94.1 Å². The third-order valence-corrected chi connectivity index (χ3v) is 6.78. The van der Waals surface area contributed by atoms with Crippen LogP contribution in [0.1, 0.15) is 35.4 Å². The number of likely N-dealkylation sites (tertiary alicyclic amines) is 1. The maximum Gasteiger partial charge on any atom is 0.419 e. The maximum atomic E-state index is 15.0. The van der Waals surface area contributed by atoms with Crippen molar-refractivity contribution in [1.29, 1.82) is 0 Å². The van der Waals surface area contributed by atoms with Gasteiger partial charge in [-0.1, -0.05) is 23.7 Å². The van der Waals surface area contributed by atoms with Crippen LogP contribution in [0.4, 0.5) is 33.6 Å². The number of rotatable bonds is 7. The van der Waals surface area contributed by atoms with Crippen LogP contribution < -0.4 is 5.32 Å². The summed E-state index contributed by atoms with van der Waals surface area (Å²) in [7, 11) is 0. The minimum atomic E-state index is -5.03. The highest BCUT2D eigenvalue weighted by atomic mass is 35.5. The molecule has 3 N–H and O–H groups in total. The Labute approximate surface area is 213 Å². The molecular formula is C24H23ClF5N5O2. The fraction of sp³-hybridized carbons (Fsp3) is 0.375. The summed E-state index contributed by atoms with van der Waals surface area (Å²) in [5, 5.41) is 19.1. The Balaban J connectivity index is 1.59. The molecule has 0 atom stereocenters. The molecule has 0 aliphatic carbocycles. The Kier molecular flexibility index (Phi) is 7.43. The minimum Gasteiger partial charge on any atom is -0.481 e. The SMILES string of the molecule is Cc1cc(Nc2cc(C(F)(F)F)c(F)c(CC3(C(=O)O)CCN(Cc4cccc(Cl)c4F)CC3)n2)n[nH]1. The van der Waals surface area contributed by atoms with Crippen molar-refractivity contribution >= 4 is 29.2 Å². The minimum absolute atomic E-state index is 0.00318. The second kappa shape index (κ2) is 10.3. The van der Waals surface area contributed by atoms with Gasteiger partial charge < -0.3 is 10.4 Å². The van der Waals surface area contributed by atoms with Crippen LogP contribution in [0.5, 0.6) is 0 Å². The smallest absolute Gasteiger partial charge is 0.419 e. The third kappa shape index (κ3) is 5.85. The van der Waals surface area contributed by atoms with E-state index in [1.165, 1.54) is 12.1 Å². The number of aromatic nitrogens is 3. The zero-order valence-electron chi connectivity index (χ0n) is 19.6. The Bertz CT molecular complexity index is 1310. The van der Waals surface area contributed by atoms with Crippen LogP contribution in [-0.4, -0.2) is 44.2 Å². The molecule has 7 nitrogen and oxygen atoms in total. The average Bonchev–Trinajstić information content (AvgIpc) is 3.23. The molecule has 0 spiro atoms. The van der Waals surface area contributed by atoms with Crippen molar-refractivity contribution in [2.24, 2.45) is 5.41 Å². The molecule has 37 heavy (non-hydrogen) atoms. The highest BCUT2D eigenvalue weighted by Crippen LogP contribution is 2.40. The Morgan fingerprint density at radius 1 is 1.19 bits per heavy atom. The lowest BCUT2D eigenvalue weighted by molar-refractivity contribution is -0.152. The van der Waals surface area contributed by atoms with E-state index in [1.807, 2.05) is 4.90 Å². The zero-order chi connectivity index (χ0) is 27.0. The van der Waals surface area contributed by atoms with Gasteiger partial charge in [0.2, 0.25) is 0 Å². The monoisotopic (exact) mass is 543 g/mol. The fourth-order valence-electron chi connectivity index (χ4n) is 4.42. The highest BCUT2D eigenvalue weighted by Gasteiger charge is 2.44. The molecule has 4 rings (SSSR count). The van der Waals surface area contributed by atoms with Gasteiger partial charge in [-0.2, -0.15) is 18.3 Å². The standard InChI is InChI=1S/C24H23ClF5N5O2/c1-13-9-19(34-33-13)32-18-10-15(24(28,29)30)21(27)17(31-18)11-23(22(36)37)5-7-35(8-6-23)12-14-3-2-4-16(25)20(14)26/h2-4,9-10H,5-8,11-12H2,1H3,(H,36,37)(H2,31,32,33,34). The number of carboxylic acid groups (broad SMARTS) is 1. The van der Waals surface area contributed by atoms with Crippen molar-refractivity contribution in [3.63, 3.8) is 0 Å². The molecule has 0 amide bonds. The molecule has 1 aromatic carbocycles. The van der Waals surface area contributed by atoms with E-state index in [0.717, 1.165) is 0 Å². The normalized spacial score (nSPS) is 16.1. The number of pyridine rings is 1. The highest BCUT2D eigenvalue weighted by molar-refractivity contribution is 6.30. The van der Waals surface area contributed by atoms with Crippen LogP contribution in [0, 0.1) is 24.0 Å². The van der Waals surface area contributed by atoms with Crippen LogP contribution in [0.2, 0.25) is 5.02 Å². The number of piperidine rings is 1. The zero-order valence-corrected chi connectivity index (χ0v) is 20.4. The summed E-state index contributed by atoms with van der Waals surface area (Å²) in [6.45, 7) is 2.27. The molecule has 1 aliphatic rings. The molecule has 0 radical (unpaired) electrons. The molecule has 3 aromatic rings. The average molecular weight is 544 g/mol. The van der Waals surface area contributed by atoms with Gasteiger partial charge in [0.1, 0.15) is 11.6 Å². The first-order chi connectivity index (χ1) is 17.4. The van der Waals surface area contributed by atoms with Crippen LogP contribution in [0.3, 0.4) is 0 Å². The van der Waals surface area contributed by atoms with E-state index in [4.69, 9.17) is 11.6 Å². The van der Waals surface area contributed by atoms with E-state index < -0.39 is 46.9 Å². The van der Waals surface area contributed by atoms with Crippen molar-refractivity contribution in [1.82, 2.24) is 20.1 Å². The van der Waals surface area contributed by atoms with Gasteiger partial charge in [0, 0.05) is 30.3 Å². The molecule has 2 aromatic heterocycles. The van der Waals surface area contributed by atoms with E-state index in [-0.39, 0.29) is 49.1 Å². The van der Waals surface area contributed by atoms with E-state index in [2.05, 4.69) is 20.5 Å². The number of nitrogens with zero attached hydrogens (tertiary/aromatic N) is 3. The lowest BCUT2D eigenvalue weighted by Gasteiger charge is -2.39. The fourth-order valence-corrected chi connectivity index (χ4v) is 4.61. The number of aliphatic carboxylic acids is 1. The summed E-state index contributed by atoms with van der Waals surface area (Å²) >= 11 is 5.83. The summed E-state index contributed by atoms with van der Waals surface area (Å²) < 4.78 is 70.2. The van der Waals surface area contributed by atoms with E-state index in [9.17, 15) is 27.5 Å². The molecule has 0 unspecified atom stereocenters. The van der Waals surface area contributed by atoms with Crippen LogP contribution in [0.25, 0.3) is 0 Å². The lowest BCUT2D eigenvalue weighted by Crippen LogP contribution is -2.45. The number of nitrogens with one attached hydrogen (secondary N) is 2. The summed E-state index contributed by atoms with van der Waals surface area (Å²) in [5.41, 5.74) is -2.75. The van der Waals surface area contributed by atoms with Gasteiger partial charge in [-0.25, -0.2) is 13.8 Å². The number of alkyl halides is 3. The second-order valence-electron chi connectivity index (χ2n) is 9.13. The molecule has 1 fully saturated rings. The molecule has 0 saturated carbocycles. The van der Waals surface area contributed by atoms with Gasteiger partial charge in [0.25, 0.3) is 0 Å². The summed E-state index contributed by atoms with van der Waals surface area (Å²) in [5.74, 6) is -3.59. The first kappa shape index (κ1) is 26.8. The van der Waals surface area contributed by atoms with Crippen molar-refractivity contribution in [2.45, 2.75) is 38.9 Å². The molecule has 3 heterocycles. The van der Waals surface area contributed by atoms with Crippen LogP contribution in [0.15, 0.2) is 30.3 Å². The van der Waals surface area contributed by atoms with Crippen molar-refractivity contribution in [2.75, 3.05) is 18.4 Å². The van der Waals surface area contributed by atoms with E-state index >= 15 is 4.39 Å². The van der Waals surface area contributed by atoms with Gasteiger partial charge in [0.15, 0.2) is 11.6 Å². The largest absolute Gasteiger partial charge is 0.481 e. The number of H-pyrrole nitrogens is 1. The summed E-state index contributed by atoms with van der Waals surface area (Å²) in [6, 6.07) is 6.63. The predicted octanol–water partition coefficient (Wildman–Crippen LogP) is 5.72. The Morgan fingerprint density at radius 3 is 2.49 bits per heavy atom. The number of aryl methyl sites for hydroxylation is 1. The molecule has 1 aliphatic heterocycles. The van der Waals surface area contributed by atoms with Gasteiger partial charge in [0.05, 0.1) is 21.7 Å². The van der Waals surface area contributed by atoms with Crippen LogP contribution in [-0.2, 0) is 23.9 Å². The number of hydrogen-bond donors (Lipinski definition) is 3. The first-order valence-corrected chi connectivity index (χ1v) is 11.7. The summed E-state index contributed by atoms with van der Waals surface area (Å²) in [4.78, 5) is 18.1. The lowest BCUT2D eigenvalue weighted by atomic mass is 9.74. The molecule has 198 valence electrons. The Morgan fingerprint density at radius 2 is 1.89 bits per heavy atom. The number of hydrogen-bond acceptors (Lipinski definition) is 5. The first-order valence-electron chi connectivity index (χ1n) is 11.3. The predicted molar refractivity (Wildman–Crippen MR) is 125 cm³/mol. The molecule has 1 saturated heterocycles. The summed E-state index contributed by atoms with van der Waals surface area (Å²) in [6.07, 6.45) is -5.57. The number of aromatic amines is 1.